The number of nitrogens with two attached hydrogens (primary N) is 1. The van der Waals surface area contributed by atoms with E-state index in [4.69, 9.17) is 5.73 Å². The summed E-state index contributed by atoms with van der Waals surface area (Å²) in [6, 6.07) is 2.99. The lowest BCUT2D eigenvalue weighted by Gasteiger charge is -2.04. The quantitative estimate of drug-likeness (QED) is 0.671. The van der Waals surface area contributed by atoms with Crippen molar-refractivity contribution in [2.75, 3.05) is 5.73 Å². The Morgan fingerprint density at radius 3 is 2.55 bits per heavy atom. The van der Waals surface area contributed by atoms with Crippen molar-refractivity contribution in [2.24, 2.45) is 0 Å². The van der Waals surface area contributed by atoms with Gasteiger partial charge >= 0.3 is 0 Å². The molecule has 0 saturated heterocycles. The average Bonchev–Trinajstić information content (AvgIpc) is 1.94. The van der Waals surface area contributed by atoms with Crippen LogP contribution in [-0.4, -0.2) is 4.98 Å². The Labute approximate surface area is 65.3 Å². The molecule has 11 heavy (non-hydrogen) atoms. The summed E-state index contributed by atoms with van der Waals surface area (Å²) in [7, 11) is 0. The van der Waals surface area contributed by atoms with Gasteiger partial charge < -0.3 is 5.73 Å². The Balaban J connectivity index is 3.05. The summed E-state index contributed by atoms with van der Waals surface area (Å²) in [6.07, 6.45) is 0. The number of anilines is 1. The zero-order chi connectivity index (χ0) is 8.43. The second kappa shape index (κ2) is 2.86. The van der Waals surface area contributed by atoms with Crippen molar-refractivity contribution in [1.82, 2.24) is 4.98 Å². The maximum Gasteiger partial charge on any atom is 0.165 e. The van der Waals surface area contributed by atoms with Crippen LogP contribution in [0.25, 0.3) is 0 Å². The van der Waals surface area contributed by atoms with Crippen molar-refractivity contribution in [3.63, 3.8) is 0 Å². The second-order valence-electron chi connectivity index (χ2n) is 2.76. The molecule has 0 aromatic carbocycles. The lowest BCUT2D eigenvalue weighted by Crippen LogP contribution is -1.99. The minimum atomic E-state index is -0.450. The first-order valence-corrected chi connectivity index (χ1v) is 3.53. The predicted molar refractivity (Wildman–Crippen MR) is 42.7 cm³/mol. The van der Waals surface area contributed by atoms with Crippen molar-refractivity contribution >= 4 is 5.82 Å². The fourth-order valence-electron chi connectivity index (χ4n) is 0.795. The molecule has 3 heteroatoms. The number of halogens is 1. The fraction of sp³-hybridized carbons (Fsp3) is 0.375. The number of nitrogens with zero attached hydrogens (tertiary/aromatic N) is 1. The van der Waals surface area contributed by atoms with Gasteiger partial charge in [0.15, 0.2) is 11.6 Å². The van der Waals surface area contributed by atoms with Crippen LogP contribution >= 0.6 is 0 Å². The minimum absolute atomic E-state index is 0.0174. The van der Waals surface area contributed by atoms with E-state index >= 15 is 0 Å². The molecule has 1 heterocycles. The number of rotatable bonds is 1. The maximum atomic E-state index is 12.6. The van der Waals surface area contributed by atoms with Gasteiger partial charge in [0.05, 0.1) is 0 Å². The van der Waals surface area contributed by atoms with Gasteiger partial charge in [-0.3, -0.25) is 0 Å². The zero-order valence-corrected chi connectivity index (χ0v) is 6.63. The SMILES string of the molecule is CC(C)c1ccc(F)c(N)n1. The van der Waals surface area contributed by atoms with E-state index in [0.717, 1.165) is 5.69 Å². The molecule has 0 spiro atoms. The Kier molecular flexibility index (Phi) is 2.08. The van der Waals surface area contributed by atoms with Crippen LogP contribution in [0.15, 0.2) is 12.1 Å². The summed E-state index contributed by atoms with van der Waals surface area (Å²) in [6.45, 7) is 3.97. The summed E-state index contributed by atoms with van der Waals surface area (Å²) in [5.41, 5.74) is 6.10. The van der Waals surface area contributed by atoms with E-state index in [0.29, 0.717) is 0 Å². The third-order valence-corrected chi connectivity index (χ3v) is 1.49. The van der Waals surface area contributed by atoms with E-state index < -0.39 is 5.82 Å². The third kappa shape index (κ3) is 1.67. The first kappa shape index (κ1) is 7.98. The van der Waals surface area contributed by atoms with E-state index in [9.17, 15) is 4.39 Å². The number of nitrogen functional groups attached to an aromatic ring is 1. The molecule has 1 rings (SSSR count). The molecule has 0 fully saturated rings. The molecule has 2 N–H and O–H groups in total. The van der Waals surface area contributed by atoms with E-state index in [-0.39, 0.29) is 11.7 Å². The van der Waals surface area contributed by atoms with Crippen molar-refractivity contribution < 1.29 is 4.39 Å². The molecule has 1 aromatic heterocycles. The van der Waals surface area contributed by atoms with Gasteiger partial charge in [0.2, 0.25) is 0 Å². The number of hydrogen-bond donors (Lipinski definition) is 1. The molecule has 0 saturated carbocycles. The standard InChI is InChI=1S/C8H11FN2/c1-5(2)7-4-3-6(9)8(10)11-7/h3-5H,1-2H3,(H2,10,11). The highest BCUT2D eigenvalue weighted by molar-refractivity contribution is 5.31. The smallest absolute Gasteiger partial charge is 0.165 e. The molecule has 2 nitrogen and oxygen atoms in total. The fourth-order valence-corrected chi connectivity index (χ4v) is 0.795. The van der Waals surface area contributed by atoms with Crippen molar-refractivity contribution in [2.45, 2.75) is 19.8 Å². The normalized spacial score (nSPS) is 10.5. The van der Waals surface area contributed by atoms with E-state index in [2.05, 4.69) is 4.98 Å². The highest BCUT2D eigenvalue weighted by Gasteiger charge is 2.03. The lowest BCUT2D eigenvalue weighted by atomic mass is 10.1. The molecular weight excluding hydrogens is 143 g/mol. The maximum absolute atomic E-state index is 12.6. The molecule has 0 aliphatic heterocycles. The van der Waals surface area contributed by atoms with Crippen LogP contribution in [0, 0.1) is 5.82 Å². The van der Waals surface area contributed by atoms with E-state index in [1.165, 1.54) is 6.07 Å². The first-order chi connectivity index (χ1) is 5.11. The third-order valence-electron chi connectivity index (χ3n) is 1.49. The van der Waals surface area contributed by atoms with Gasteiger partial charge in [-0.05, 0) is 18.1 Å². The van der Waals surface area contributed by atoms with Gasteiger partial charge in [-0.1, -0.05) is 13.8 Å². The second-order valence-corrected chi connectivity index (χ2v) is 2.76. The molecule has 0 radical (unpaired) electrons. The van der Waals surface area contributed by atoms with Crippen molar-refractivity contribution in [3.8, 4) is 0 Å². The molecule has 0 unspecified atom stereocenters. The summed E-state index contributed by atoms with van der Waals surface area (Å²) >= 11 is 0. The molecule has 0 aliphatic carbocycles. The van der Waals surface area contributed by atoms with E-state index in [1.807, 2.05) is 13.8 Å². The number of aromatic nitrogens is 1. The minimum Gasteiger partial charge on any atom is -0.381 e. The topological polar surface area (TPSA) is 38.9 Å². The van der Waals surface area contributed by atoms with Gasteiger partial charge in [0.25, 0.3) is 0 Å². The van der Waals surface area contributed by atoms with Crippen molar-refractivity contribution in [1.29, 1.82) is 0 Å². The molecule has 60 valence electrons. The van der Waals surface area contributed by atoms with Crippen LogP contribution in [0.3, 0.4) is 0 Å². The molecule has 0 atom stereocenters. The van der Waals surface area contributed by atoms with Crippen LogP contribution in [-0.2, 0) is 0 Å². The highest BCUT2D eigenvalue weighted by atomic mass is 19.1. The zero-order valence-electron chi connectivity index (χ0n) is 6.63. The van der Waals surface area contributed by atoms with Crippen molar-refractivity contribution in [3.05, 3.63) is 23.6 Å². The van der Waals surface area contributed by atoms with Gasteiger partial charge in [-0.2, -0.15) is 0 Å². The van der Waals surface area contributed by atoms with Gasteiger partial charge in [0.1, 0.15) is 0 Å². The average molecular weight is 154 g/mol. The largest absolute Gasteiger partial charge is 0.381 e. The number of pyridine rings is 1. The molecule has 0 bridgehead atoms. The molecular formula is C8H11FN2. The Bertz CT molecular complexity index is 258. The Morgan fingerprint density at radius 2 is 2.09 bits per heavy atom. The first-order valence-electron chi connectivity index (χ1n) is 3.53. The monoisotopic (exact) mass is 154 g/mol. The molecule has 0 amide bonds. The molecule has 1 aromatic rings. The van der Waals surface area contributed by atoms with Gasteiger partial charge in [-0.15, -0.1) is 0 Å². The summed E-state index contributed by atoms with van der Waals surface area (Å²) in [4.78, 5) is 3.88. The summed E-state index contributed by atoms with van der Waals surface area (Å²) < 4.78 is 12.6. The van der Waals surface area contributed by atoms with Gasteiger partial charge in [0, 0.05) is 5.69 Å². The van der Waals surface area contributed by atoms with Crippen LogP contribution in [0.2, 0.25) is 0 Å². The predicted octanol–water partition coefficient (Wildman–Crippen LogP) is 1.93. The van der Waals surface area contributed by atoms with Crippen LogP contribution in [0.1, 0.15) is 25.5 Å². The Morgan fingerprint density at radius 1 is 1.45 bits per heavy atom. The van der Waals surface area contributed by atoms with Gasteiger partial charge in [-0.25, -0.2) is 9.37 Å². The van der Waals surface area contributed by atoms with Crippen LogP contribution in [0.4, 0.5) is 10.2 Å². The summed E-state index contributed by atoms with van der Waals surface area (Å²) in [5.74, 6) is -0.177. The van der Waals surface area contributed by atoms with Crippen LogP contribution < -0.4 is 5.73 Å². The van der Waals surface area contributed by atoms with E-state index in [1.54, 1.807) is 6.07 Å². The lowest BCUT2D eigenvalue weighted by molar-refractivity contribution is 0.623. The Hall–Kier alpha value is -1.12. The summed E-state index contributed by atoms with van der Waals surface area (Å²) in [5, 5.41) is 0. The number of hydrogen-bond acceptors (Lipinski definition) is 2. The molecule has 0 aliphatic rings. The highest BCUT2D eigenvalue weighted by Crippen LogP contribution is 2.14. The van der Waals surface area contributed by atoms with Crippen LogP contribution in [0.5, 0.6) is 0 Å².